The maximum atomic E-state index is 8.22. The van der Waals surface area contributed by atoms with Crippen LogP contribution in [-0.4, -0.2) is 49.1 Å². The number of nitrogens with one attached hydrogen (secondary N) is 2. The van der Waals surface area contributed by atoms with Crippen molar-refractivity contribution in [3.05, 3.63) is 30.5 Å². The first-order valence-electron chi connectivity index (χ1n) is 10.2. The molecule has 132 valence electrons. The topological polar surface area (TPSA) is 48.4 Å². The van der Waals surface area contributed by atoms with Gasteiger partial charge in [0.1, 0.15) is 0 Å². The van der Waals surface area contributed by atoms with Crippen LogP contribution < -0.4 is 20.4 Å². The third kappa shape index (κ3) is 2.51. The Kier molecular flexibility index (Phi) is 3.03. The number of benzene rings is 1. The molecule has 0 amide bonds. The summed E-state index contributed by atoms with van der Waals surface area (Å²) in [4.78, 5) is 4.25. The number of aryl methyl sites for hydroxylation is 1. The van der Waals surface area contributed by atoms with Gasteiger partial charge in [-0.05, 0) is 44.1 Å². The van der Waals surface area contributed by atoms with Crippen LogP contribution in [0, 0.1) is 5.41 Å². The van der Waals surface area contributed by atoms with Crippen molar-refractivity contribution in [1.82, 2.24) is 20.4 Å². The average molecular weight is 340 g/mol. The fraction of sp³-hybridized carbons (Fsp3) is 0.526. The first kappa shape index (κ1) is 13.2. The van der Waals surface area contributed by atoms with E-state index in [9.17, 15) is 0 Å². The quantitative estimate of drug-likeness (QED) is 0.870. The second kappa shape index (κ2) is 5.75. The van der Waals surface area contributed by atoms with Crippen molar-refractivity contribution in [3.8, 4) is 0 Å². The third-order valence-corrected chi connectivity index (χ3v) is 5.79. The minimum Gasteiger partial charge on any atom is -0.370 e. The molecular formula is C19H26N6. The zero-order chi connectivity index (χ0) is 18.6. The van der Waals surface area contributed by atoms with E-state index in [1.807, 2.05) is 11.7 Å². The highest BCUT2D eigenvalue weighted by molar-refractivity contribution is 5.93. The van der Waals surface area contributed by atoms with Gasteiger partial charge < -0.3 is 15.1 Å². The molecule has 1 spiro atoms. The lowest BCUT2D eigenvalue weighted by molar-refractivity contribution is 0.150. The predicted octanol–water partition coefficient (Wildman–Crippen LogP) is 1.64. The molecule has 25 heavy (non-hydrogen) atoms. The summed E-state index contributed by atoms with van der Waals surface area (Å²) in [5.41, 5.74) is 2.83. The lowest BCUT2D eigenvalue weighted by Gasteiger charge is -2.53. The zero-order valence-electron chi connectivity index (χ0n) is 16.6. The van der Waals surface area contributed by atoms with Crippen LogP contribution in [0.2, 0.25) is 0 Å². The van der Waals surface area contributed by atoms with Crippen molar-refractivity contribution in [2.75, 3.05) is 49.1 Å². The maximum absolute atomic E-state index is 8.22. The van der Waals surface area contributed by atoms with E-state index in [1.54, 1.807) is 17.2 Å². The summed E-state index contributed by atoms with van der Waals surface area (Å²) in [5, 5.41) is 12.0. The molecule has 2 N–H and O–H groups in total. The lowest BCUT2D eigenvalue weighted by Crippen LogP contribution is -2.60. The molecule has 4 heterocycles. The fourth-order valence-corrected chi connectivity index (χ4v) is 4.32. The number of hydrogen-bond acceptors (Lipinski definition) is 5. The second-order valence-corrected chi connectivity index (χ2v) is 7.47. The molecule has 1 aromatic carbocycles. The molecule has 3 aliphatic heterocycles. The molecule has 0 radical (unpaired) electrons. The number of anilines is 2. The molecule has 0 aliphatic carbocycles. The second-order valence-electron chi connectivity index (χ2n) is 7.47. The van der Waals surface area contributed by atoms with Crippen LogP contribution in [0.1, 0.15) is 15.6 Å². The van der Waals surface area contributed by atoms with Crippen molar-refractivity contribution in [2.45, 2.75) is 12.8 Å². The average Bonchev–Trinajstić information content (AvgIpc) is 2.96. The fourth-order valence-electron chi connectivity index (χ4n) is 4.32. The van der Waals surface area contributed by atoms with Gasteiger partial charge in [0.25, 0.3) is 0 Å². The molecular weight excluding hydrogens is 312 g/mol. The van der Waals surface area contributed by atoms with E-state index in [0.29, 0.717) is 5.41 Å². The highest BCUT2D eigenvalue weighted by Gasteiger charge is 2.43. The molecule has 2 saturated heterocycles. The highest BCUT2D eigenvalue weighted by atomic mass is 15.4. The lowest BCUT2D eigenvalue weighted by atomic mass is 9.72. The highest BCUT2D eigenvalue weighted by Crippen LogP contribution is 2.42. The first-order valence-corrected chi connectivity index (χ1v) is 9.04. The summed E-state index contributed by atoms with van der Waals surface area (Å²) in [6.45, 7) is 3.32. The van der Waals surface area contributed by atoms with Crippen molar-refractivity contribution in [3.63, 3.8) is 0 Å². The van der Waals surface area contributed by atoms with E-state index in [-0.39, 0.29) is 0 Å². The maximum Gasteiger partial charge on any atom is 0.163 e. The molecule has 2 atom stereocenters. The number of hydrogen-bond donors (Lipinski definition) is 2. The molecule has 6 nitrogen and oxygen atoms in total. The summed E-state index contributed by atoms with van der Waals surface area (Å²) in [6, 6.07) is 6.51. The summed E-state index contributed by atoms with van der Waals surface area (Å²) in [5.74, 6) is 0.758. The van der Waals surface area contributed by atoms with E-state index in [2.05, 4.69) is 38.8 Å². The Morgan fingerprint density at radius 3 is 2.84 bits per heavy atom. The summed E-state index contributed by atoms with van der Waals surface area (Å²) < 4.78 is 17.8. The van der Waals surface area contributed by atoms with Crippen LogP contribution in [-0.2, 0) is 7.05 Å². The van der Waals surface area contributed by atoms with E-state index >= 15 is 0 Å². The van der Waals surface area contributed by atoms with E-state index in [4.69, 9.17) is 2.74 Å². The normalized spacial score (nSPS) is 29.6. The Bertz CT molecular complexity index is 880. The smallest absolute Gasteiger partial charge is 0.163 e. The van der Waals surface area contributed by atoms with Gasteiger partial charge in [-0.3, -0.25) is 10.00 Å². The monoisotopic (exact) mass is 340 g/mol. The number of fused-ring (bicyclic) bond motifs is 1. The van der Waals surface area contributed by atoms with Crippen molar-refractivity contribution >= 4 is 22.4 Å². The van der Waals surface area contributed by atoms with Gasteiger partial charge in [0, 0.05) is 50.7 Å². The molecule has 2 unspecified atom stereocenters. The third-order valence-electron chi connectivity index (χ3n) is 5.79. The molecule has 3 aliphatic rings. The van der Waals surface area contributed by atoms with Crippen LogP contribution in [0.5, 0.6) is 0 Å². The van der Waals surface area contributed by atoms with Gasteiger partial charge in [0.15, 0.2) is 5.82 Å². The van der Waals surface area contributed by atoms with Gasteiger partial charge in [0.05, 0.1) is 13.5 Å². The Morgan fingerprint density at radius 1 is 1.20 bits per heavy atom. The van der Waals surface area contributed by atoms with Crippen molar-refractivity contribution in [2.24, 2.45) is 12.5 Å². The summed E-state index contributed by atoms with van der Waals surface area (Å²) >= 11 is 0. The minimum atomic E-state index is -0.703. The minimum absolute atomic E-state index is 0.507. The van der Waals surface area contributed by atoms with Crippen LogP contribution in [0.3, 0.4) is 0 Å². The molecule has 1 aromatic heterocycles. The molecule has 5 rings (SSSR count). The van der Waals surface area contributed by atoms with Crippen LogP contribution >= 0.6 is 0 Å². The number of aromatic nitrogens is 2. The summed E-state index contributed by atoms with van der Waals surface area (Å²) in [7, 11) is 1.95. The molecule has 6 heteroatoms. The van der Waals surface area contributed by atoms with E-state index < -0.39 is 13.2 Å². The van der Waals surface area contributed by atoms with Crippen LogP contribution in [0.15, 0.2) is 30.5 Å². The molecule has 2 aromatic rings. The van der Waals surface area contributed by atoms with Gasteiger partial charge in [-0.1, -0.05) is 6.08 Å². The van der Waals surface area contributed by atoms with E-state index in [0.717, 1.165) is 42.9 Å². The van der Waals surface area contributed by atoms with Gasteiger partial charge in [-0.15, -0.1) is 0 Å². The predicted molar refractivity (Wildman–Crippen MR) is 102 cm³/mol. The number of nitrogens with zero attached hydrogens (tertiary/aromatic N) is 4. The van der Waals surface area contributed by atoms with Crippen molar-refractivity contribution in [1.29, 1.82) is 0 Å². The first-order chi connectivity index (χ1) is 13.0. The zero-order valence-corrected chi connectivity index (χ0v) is 14.6. The Morgan fingerprint density at radius 2 is 2.04 bits per heavy atom. The van der Waals surface area contributed by atoms with Crippen molar-refractivity contribution < 1.29 is 2.74 Å². The van der Waals surface area contributed by atoms with Crippen LogP contribution in [0.25, 0.3) is 10.9 Å². The standard InChI is InChI=1S/C19H26N6/c1-23-17-11-15(25-12-19(13-25)5-8-20-9-6-19)3-4-16(17)18(22-23)24-10-2-7-21-14-24/h2-4,10-11,20-21H,5-9,12-14H2,1H3/i7D,14D. The van der Waals surface area contributed by atoms with Gasteiger partial charge in [-0.25, -0.2) is 0 Å². The molecule has 0 saturated carbocycles. The Balaban J connectivity index is 1.42. The van der Waals surface area contributed by atoms with Gasteiger partial charge in [0.2, 0.25) is 0 Å². The van der Waals surface area contributed by atoms with Gasteiger partial charge >= 0.3 is 0 Å². The van der Waals surface area contributed by atoms with E-state index in [1.165, 1.54) is 18.5 Å². The molecule has 0 bridgehead atoms. The number of piperidine rings is 1. The molecule has 2 fully saturated rings. The largest absolute Gasteiger partial charge is 0.370 e. The Hall–Kier alpha value is -2.05. The van der Waals surface area contributed by atoms with Gasteiger partial charge in [-0.2, -0.15) is 5.10 Å². The SMILES string of the molecule is [2H]C1C=CN(c2nn(C)c3cc(N4CC5(CCNCC5)C4)ccc23)C([2H])N1. The number of rotatable bonds is 2. The Labute approximate surface area is 151 Å². The summed E-state index contributed by atoms with van der Waals surface area (Å²) in [6.07, 6.45) is 6.08. The van der Waals surface area contributed by atoms with Crippen LogP contribution in [0.4, 0.5) is 11.5 Å².